The lowest BCUT2D eigenvalue weighted by atomic mass is 9.89. The average Bonchev–Trinajstić information content (AvgIpc) is 3.35. The molecule has 11 heteroatoms. The summed E-state index contributed by atoms with van der Waals surface area (Å²) < 4.78 is 19.2. The Morgan fingerprint density at radius 3 is 2.17 bits per heavy atom. The van der Waals surface area contributed by atoms with Crippen LogP contribution in [0.2, 0.25) is 0 Å². The molecule has 0 amide bonds. The van der Waals surface area contributed by atoms with Crippen LogP contribution < -0.4 is 4.90 Å². The maximum atomic E-state index is 13.5. The fourth-order valence-corrected chi connectivity index (χ4v) is 7.12. The zero-order valence-electron chi connectivity index (χ0n) is 26.2. The molecular weight excluding hydrogens is 635 g/mol. The van der Waals surface area contributed by atoms with Crippen LogP contribution in [-0.2, 0) is 4.74 Å². The van der Waals surface area contributed by atoms with E-state index >= 15 is 0 Å². The lowest BCUT2D eigenvalue weighted by Gasteiger charge is -2.40. The number of para-hydroxylation sites is 1. The van der Waals surface area contributed by atoms with Gasteiger partial charge in [-0.2, -0.15) is 0 Å². The van der Waals surface area contributed by atoms with Crippen molar-refractivity contribution in [2.24, 2.45) is 0 Å². The highest BCUT2D eigenvalue weighted by atomic mass is 32.1. The topological polar surface area (TPSA) is 137 Å². The molecule has 0 spiro atoms. The standard InChI is InChI=1S/C37H39FN2O7S/c1-39-28(17-18-29(42)22-11-14-25(38)15-12-22)32(40(37(39)48)26-5-3-2-4-6-26)27-16-13-24(19-30(27)43)21-7-9-23(10-8-21)36-35(46)34(45)33(44)31(20-41)47-36/h2-16,19,28-29,31-36,41-46H,17-18,20H2,1H3/t28-,29-,31+,32+,33+,34-,35+,36-/m0/s1. The van der Waals surface area contributed by atoms with Gasteiger partial charge in [0, 0.05) is 18.3 Å². The number of aliphatic hydroxyl groups excluding tert-OH is 5. The van der Waals surface area contributed by atoms with Crippen molar-refractivity contribution in [1.82, 2.24) is 4.90 Å². The number of nitrogens with zero attached hydrogens (tertiary/aromatic N) is 2. The first-order chi connectivity index (χ1) is 23.1. The number of rotatable bonds is 9. The van der Waals surface area contributed by atoms with Crippen molar-refractivity contribution >= 4 is 23.0 Å². The zero-order chi connectivity index (χ0) is 34.1. The van der Waals surface area contributed by atoms with Gasteiger partial charge in [0.1, 0.15) is 42.1 Å². The SMILES string of the molecule is CN1C(=S)N(c2ccccc2)[C@H](c2ccc(-c3ccc([C@@H]4O[C@H](CO)[C@@H](O)[C@H](O)[C@H]4O)cc3)cc2O)[C@@H]1CC[C@H](O)c1ccc(F)cc1. The Kier molecular flexibility index (Phi) is 10.1. The molecule has 9 nitrogen and oxygen atoms in total. The number of halogens is 1. The van der Waals surface area contributed by atoms with Gasteiger partial charge in [-0.05, 0) is 77.6 Å². The van der Waals surface area contributed by atoms with E-state index < -0.39 is 43.2 Å². The Labute approximate surface area is 283 Å². The number of likely N-dealkylation sites (N-methyl/N-ethyl adjacent to an activating group) is 1. The van der Waals surface area contributed by atoms with Crippen LogP contribution in [0, 0.1) is 5.82 Å². The molecule has 8 atom stereocenters. The lowest BCUT2D eigenvalue weighted by molar-refractivity contribution is -0.231. The summed E-state index contributed by atoms with van der Waals surface area (Å²) in [5, 5.41) is 63.5. The highest BCUT2D eigenvalue weighted by Gasteiger charge is 2.45. The van der Waals surface area contributed by atoms with Crippen LogP contribution in [0.15, 0.2) is 97.1 Å². The summed E-state index contributed by atoms with van der Waals surface area (Å²) in [5.74, 6) is -0.298. The van der Waals surface area contributed by atoms with Crippen LogP contribution in [0.4, 0.5) is 10.1 Å². The molecule has 2 aliphatic rings. The number of phenolic OH excluding ortho intramolecular Hbond substituents is 1. The molecule has 0 saturated carbocycles. The number of ether oxygens (including phenoxy) is 1. The highest BCUT2D eigenvalue weighted by Crippen LogP contribution is 2.45. The Bertz CT molecular complexity index is 1710. The van der Waals surface area contributed by atoms with E-state index in [9.17, 15) is 35.0 Å². The summed E-state index contributed by atoms with van der Waals surface area (Å²) in [6.45, 7) is -0.510. The number of anilines is 1. The minimum absolute atomic E-state index is 0.0682. The Morgan fingerprint density at radius 1 is 0.854 bits per heavy atom. The van der Waals surface area contributed by atoms with E-state index in [1.54, 1.807) is 42.5 Å². The average molecular weight is 675 g/mol. The van der Waals surface area contributed by atoms with Gasteiger partial charge >= 0.3 is 0 Å². The molecule has 252 valence electrons. The molecule has 4 aromatic carbocycles. The van der Waals surface area contributed by atoms with E-state index in [0.29, 0.717) is 34.6 Å². The molecule has 2 saturated heterocycles. The molecule has 4 aromatic rings. The molecule has 2 fully saturated rings. The summed E-state index contributed by atoms with van der Waals surface area (Å²) in [6, 6.07) is 27.5. The van der Waals surface area contributed by atoms with Crippen LogP contribution in [0.5, 0.6) is 5.75 Å². The van der Waals surface area contributed by atoms with Gasteiger partial charge in [0.05, 0.1) is 24.8 Å². The fraction of sp³-hybridized carbons (Fsp3) is 0.324. The molecule has 6 N–H and O–H groups in total. The van der Waals surface area contributed by atoms with Crippen LogP contribution >= 0.6 is 12.2 Å². The molecule has 48 heavy (non-hydrogen) atoms. The molecule has 2 aliphatic heterocycles. The molecule has 0 radical (unpaired) electrons. The van der Waals surface area contributed by atoms with Gasteiger partial charge in [0.15, 0.2) is 5.11 Å². The monoisotopic (exact) mass is 674 g/mol. The minimum atomic E-state index is -1.47. The van der Waals surface area contributed by atoms with E-state index in [0.717, 1.165) is 16.8 Å². The van der Waals surface area contributed by atoms with Crippen molar-refractivity contribution in [3.8, 4) is 16.9 Å². The van der Waals surface area contributed by atoms with Gasteiger partial charge in [-0.3, -0.25) is 0 Å². The summed E-state index contributed by atoms with van der Waals surface area (Å²) in [5.41, 5.74) is 4.23. The molecule has 0 aliphatic carbocycles. The second kappa shape index (κ2) is 14.3. The zero-order valence-corrected chi connectivity index (χ0v) is 27.1. The number of phenols is 1. The summed E-state index contributed by atoms with van der Waals surface area (Å²) in [6.07, 6.45) is -6.13. The third-order valence-corrected chi connectivity index (χ3v) is 9.97. The van der Waals surface area contributed by atoms with Crippen molar-refractivity contribution in [1.29, 1.82) is 0 Å². The van der Waals surface area contributed by atoms with Gasteiger partial charge in [0.25, 0.3) is 0 Å². The maximum absolute atomic E-state index is 13.5. The Morgan fingerprint density at radius 2 is 1.52 bits per heavy atom. The quantitative estimate of drug-likeness (QED) is 0.142. The highest BCUT2D eigenvalue weighted by molar-refractivity contribution is 7.80. The van der Waals surface area contributed by atoms with Gasteiger partial charge < -0.3 is 45.2 Å². The number of hydrogen-bond acceptors (Lipinski definition) is 8. The first-order valence-electron chi connectivity index (χ1n) is 15.9. The number of aliphatic hydroxyl groups is 5. The van der Waals surface area contributed by atoms with Crippen molar-refractivity contribution < 1.29 is 39.8 Å². The summed E-state index contributed by atoms with van der Waals surface area (Å²) in [7, 11) is 1.91. The third-order valence-electron chi connectivity index (χ3n) is 9.49. The lowest BCUT2D eigenvalue weighted by Crippen LogP contribution is -2.55. The number of aromatic hydroxyl groups is 1. The molecule has 0 bridgehead atoms. The van der Waals surface area contributed by atoms with Crippen molar-refractivity contribution in [2.75, 3.05) is 18.6 Å². The summed E-state index contributed by atoms with van der Waals surface area (Å²) in [4.78, 5) is 4.02. The molecule has 6 rings (SSSR count). The maximum Gasteiger partial charge on any atom is 0.176 e. The van der Waals surface area contributed by atoms with E-state index in [4.69, 9.17) is 17.0 Å². The third kappa shape index (κ3) is 6.55. The normalized spacial score (nSPS) is 26.6. The van der Waals surface area contributed by atoms with Gasteiger partial charge in [0.2, 0.25) is 0 Å². The fourth-order valence-electron chi connectivity index (χ4n) is 6.77. The minimum Gasteiger partial charge on any atom is -0.508 e. The van der Waals surface area contributed by atoms with Gasteiger partial charge in [-0.1, -0.05) is 66.7 Å². The van der Waals surface area contributed by atoms with Crippen LogP contribution in [0.1, 0.15) is 47.8 Å². The predicted octanol–water partition coefficient (Wildman–Crippen LogP) is 4.37. The molecule has 0 unspecified atom stereocenters. The van der Waals surface area contributed by atoms with Crippen LogP contribution in [-0.4, -0.2) is 84.8 Å². The first kappa shape index (κ1) is 33.9. The molecule has 2 heterocycles. The molecular formula is C37H39FN2O7S. The smallest absolute Gasteiger partial charge is 0.176 e. The van der Waals surface area contributed by atoms with Crippen LogP contribution in [0.3, 0.4) is 0 Å². The van der Waals surface area contributed by atoms with E-state index in [1.165, 1.54) is 12.1 Å². The van der Waals surface area contributed by atoms with Crippen molar-refractivity contribution in [3.63, 3.8) is 0 Å². The van der Waals surface area contributed by atoms with E-state index in [2.05, 4.69) is 0 Å². The Hall–Kier alpha value is -3.94. The van der Waals surface area contributed by atoms with Crippen molar-refractivity contribution in [3.05, 3.63) is 120 Å². The predicted molar refractivity (Wildman–Crippen MR) is 183 cm³/mol. The van der Waals surface area contributed by atoms with E-state index in [-0.39, 0.29) is 23.7 Å². The Balaban J connectivity index is 1.27. The van der Waals surface area contributed by atoms with Gasteiger partial charge in [-0.25, -0.2) is 4.39 Å². The first-order valence-corrected chi connectivity index (χ1v) is 16.3. The van der Waals surface area contributed by atoms with Gasteiger partial charge in [-0.15, -0.1) is 0 Å². The second-order valence-electron chi connectivity index (χ2n) is 12.4. The number of hydrogen-bond donors (Lipinski definition) is 6. The largest absolute Gasteiger partial charge is 0.508 e. The second-order valence-corrected chi connectivity index (χ2v) is 12.8. The number of thiocarbonyl (C=S) groups is 1. The van der Waals surface area contributed by atoms with Crippen LogP contribution in [0.25, 0.3) is 11.1 Å². The molecule has 0 aromatic heterocycles. The number of benzene rings is 4. The van der Waals surface area contributed by atoms with E-state index in [1.807, 2.05) is 59.3 Å². The summed E-state index contributed by atoms with van der Waals surface area (Å²) >= 11 is 5.93. The van der Waals surface area contributed by atoms with Crippen molar-refractivity contribution in [2.45, 2.75) is 61.5 Å².